The average molecular weight is 391 g/mol. The normalized spacial score (nSPS) is 11.3. The SMILES string of the molecule is COCc1ccc(CN=C(N)NCCC(C)C)cc1.I. The molecule has 0 unspecified atom stereocenters. The maximum atomic E-state index is 5.80. The maximum absolute atomic E-state index is 5.80. The van der Waals surface area contributed by atoms with Gasteiger partial charge in [-0.2, -0.15) is 0 Å². The fourth-order valence-electron chi connectivity index (χ4n) is 1.63. The van der Waals surface area contributed by atoms with Crippen molar-refractivity contribution in [1.82, 2.24) is 5.32 Å². The van der Waals surface area contributed by atoms with Crippen LogP contribution in [-0.4, -0.2) is 19.6 Å². The summed E-state index contributed by atoms with van der Waals surface area (Å²) in [6, 6.07) is 8.21. The van der Waals surface area contributed by atoms with Gasteiger partial charge in [-0.3, -0.25) is 0 Å². The Morgan fingerprint density at radius 1 is 1.25 bits per heavy atom. The Labute approximate surface area is 139 Å². The minimum Gasteiger partial charge on any atom is -0.380 e. The zero-order valence-corrected chi connectivity index (χ0v) is 14.9. The average Bonchev–Trinajstić information content (AvgIpc) is 2.38. The third-order valence-electron chi connectivity index (χ3n) is 2.79. The molecule has 0 radical (unpaired) electrons. The quantitative estimate of drug-likeness (QED) is 0.427. The first-order valence-electron chi connectivity index (χ1n) is 6.72. The first-order valence-corrected chi connectivity index (χ1v) is 6.72. The molecule has 0 aliphatic carbocycles. The molecule has 0 aliphatic heterocycles. The highest BCUT2D eigenvalue weighted by molar-refractivity contribution is 14.0. The number of halogens is 1. The molecule has 0 amide bonds. The number of benzene rings is 1. The van der Waals surface area contributed by atoms with Crippen LogP contribution >= 0.6 is 24.0 Å². The monoisotopic (exact) mass is 391 g/mol. The van der Waals surface area contributed by atoms with Gasteiger partial charge in [0.2, 0.25) is 0 Å². The fourth-order valence-corrected chi connectivity index (χ4v) is 1.63. The predicted molar refractivity (Wildman–Crippen MR) is 95.4 cm³/mol. The molecule has 0 aromatic heterocycles. The number of guanidine groups is 1. The first kappa shape index (κ1) is 19.2. The molecular weight excluding hydrogens is 365 g/mol. The fraction of sp³-hybridized carbons (Fsp3) is 0.533. The van der Waals surface area contributed by atoms with Gasteiger partial charge >= 0.3 is 0 Å². The van der Waals surface area contributed by atoms with Crippen molar-refractivity contribution in [3.8, 4) is 0 Å². The Balaban J connectivity index is 0.00000361. The van der Waals surface area contributed by atoms with Crippen molar-refractivity contribution in [3.05, 3.63) is 35.4 Å². The van der Waals surface area contributed by atoms with Crippen molar-refractivity contribution in [1.29, 1.82) is 0 Å². The molecule has 1 aromatic carbocycles. The summed E-state index contributed by atoms with van der Waals surface area (Å²) in [5.41, 5.74) is 8.12. The first-order chi connectivity index (χ1) is 9.11. The van der Waals surface area contributed by atoms with E-state index in [-0.39, 0.29) is 24.0 Å². The Kier molecular flexibility index (Phi) is 10.5. The maximum Gasteiger partial charge on any atom is 0.188 e. The highest BCUT2D eigenvalue weighted by Gasteiger charge is 1.97. The van der Waals surface area contributed by atoms with Crippen molar-refractivity contribution >= 4 is 29.9 Å². The molecule has 0 saturated heterocycles. The van der Waals surface area contributed by atoms with Gasteiger partial charge in [-0.1, -0.05) is 38.1 Å². The van der Waals surface area contributed by atoms with Crippen LogP contribution in [0.15, 0.2) is 29.3 Å². The van der Waals surface area contributed by atoms with Crippen LogP contribution in [0.5, 0.6) is 0 Å². The van der Waals surface area contributed by atoms with Gasteiger partial charge in [0, 0.05) is 13.7 Å². The number of nitrogens with one attached hydrogen (secondary N) is 1. The van der Waals surface area contributed by atoms with E-state index in [9.17, 15) is 0 Å². The van der Waals surface area contributed by atoms with Crippen molar-refractivity contribution in [2.75, 3.05) is 13.7 Å². The van der Waals surface area contributed by atoms with Gasteiger partial charge in [0.25, 0.3) is 0 Å². The number of ether oxygens (including phenoxy) is 1. The second kappa shape index (κ2) is 10.9. The van der Waals surface area contributed by atoms with E-state index < -0.39 is 0 Å². The summed E-state index contributed by atoms with van der Waals surface area (Å²) in [5, 5.41) is 3.12. The zero-order chi connectivity index (χ0) is 14.1. The highest BCUT2D eigenvalue weighted by Crippen LogP contribution is 2.06. The van der Waals surface area contributed by atoms with Crippen LogP contribution in [-0.2, 0) is 17.9 Å². The topological polar surface area (TPSA) is 59.6 Å². The summed E-state index contributed by atoms with van der Waals surface area (Å²) in [6.45, 7) is 6.50. The van der Waals surface area contributed by atoms with Gasteiger partial charge in [0.1, 0.15) is 0 Å². The predicted octanol–water partition coefficient (Wildman–Crippen LogP) is 2.90. The van der Waals surface area contributed by atoms with E-state index in [0.29, 0.717) is 25.0 Å². The third kappa shape index (κ3) is 8.37. The molecule has 1 rings (SSSR count). The molecule has 0 spiro atoms. The van der Waals surface area contributed by atoms with Gasteiger partial charge in [0.15, 0.2) is 5.96 Å². The molecule has 114 valence electrons. The van der Waals surface area contributed by atoms with Gasteiger partial charge in [0.05, 0.1) is 13.2 Å². The summed E-state index contributed by atoms with van der Waals surface area (Å²) in [6.07, 6.45) is 1.10. The van der Waals surface area contributed by atoms with Crippen molar-refractivity contribution in [2.24, 2.45) is 16.6 Å². The second-order valence-corrected chi connectivity index (χ2v) is 5.06. The lowest BCUT2D eigenvalue weighted by atomic mass is 10.1. The van der Waals surface area contributed by atoms with Crippen molar-refractivity contribution < 1.29 is 4.74 Å². The summed E-state index contributed by atoms with van der Waals surface area (Å²) < 4.78 is 5.07. The van der Waals surface area contributed by atoms with Gasteiger partial charge in [-0.15, -0.1) is 24.0 Å². The molecule has 20 heavy (non-hydrogen) atoms. The number of nitrogens with two attached hydrogens (primary N) is 1. The van der Waals surface area contributed by atoms with E-state index in [0.717, 1.165) is 18.5 Å². The standard InChI is InChI=1S/C15H25N3O.HI/c1-12(2)8-9-17-15(16)18-10-13-4-6-14(7-5-13)11-19-3;/h4-7,12H,8-11H2,1-3H3,(H3,16,17,18);1H. The summed E-state index contributed by atoms with van der Waals surface area (Å²) in [5.74, 6) is 1.19. The largest absolute Gasteiger partial charge is 0.380 e. The summed E-state index contributed by atoms with van der Waals surface area (Å²) in [7, 11) is 1.70. The molecule has 0 heterocycles. The van der Waals surface area contributed by atoms with Gasteiger partial charge < -0.3 is 15.8 Å². The number of nitrogens with zero attached hydrogens (tertiary/aromatic N) is 1. The van der Waals surface area contributed by atoms with E-state index in [4.69, 9.17) is 10.5 Å². The number of aliphatic imine (C=N–C) groups is 1. The van der Waals surface area contributed by atoms with E-state index in [1.807, 2.05) is 0 Å². The minimum absolute atomic E-state index is 0. The molecule has 0 fully saturated rings. The van der Waals surface area contributed by atoms with Crippen molar-refractivity contribution in [3.63, 3.8) is 0 Å². The third-order valence-corrected chi connectivity index (χ3v) is 2.79. The number of hydrogen-bond donors (Lipinski definition) is 2. The molecule has 1 aromatic rings. The van der Waals surface area contributed by atoms with Gasteiger partial charge in [-0.25, -0.2) is 4.99 Å². The molecule has 0 bridgehead atoms. The molecule has 3 N–H and O–H groups in total. The molecule has 0 aliphatic rings. The van der Waals surface area contributed by atoms with Crippen LogP contribution in [0.4, 0.5) is 0 Å². The van der Waals surface area contributed by atoms with Crippen molar-refractivity contribution in [2.45, 2.75) is 33.4 Å². The van der Waals surface area contributed by atoms with Crippen LogP contribution in [0.25, 0.3) is 0 Å². The van der Waals surface area contributed by atoms with E-state index >= 15 is 0 Å². The smallest absolute Gasteiger partial charge is 0.188 e. The second-order valence-electron chi connectivity index (χ2n) is 5.06. The van der Waals surface area contributed by atoms with E-state index in [1.165, 1.54) is 5.56 Å². The van der Waals surface area contributed by atoms with Crippen LogP contribution < -0.4 is 11.1 Å². The van der Waals surface area contributed by atoms with Crippen LogP contribution in [0.2, 0.25) is 0 Å². The lowest BCUT2D eigenvalue weighted by molar-refractivity contribution is 0.185. The Morgan fingerprint density at radius 2 is 1.85 bits per heavy atom. The number of hydrogen-bond acceptors (Lipinski definition) is 2. The lowest BCUT2D eigenvalue weighted by Crippen LogP contribution is -2.32. The van der Waals surface area contributed by atoms with E-state index in [2.05, 4.69) is 48.4 Å². The number of rotatable bonds is 7. The van der Waals surface area contributed by atoms with E-state index in [1.54, 1.807) is 7.11 Å². The molecular formula is C15H26IN3O. The van der Waals surface area contributed by atoms with Crippen LogP contribution in [0.3, 0.4) is 0 Å². The Bertz CT molecular complexity index is 391. The summed E-state index contributed by atoms with van der Waals surface area (Å²) in [4.78, 5) is 4.32. The lowest BCUT2D eigenvalue weighted by Gasteiger charge is -2.07. The van der Waals surface area contributed by atoms with Gasteiger partial charge in [-0.05, 0) is 23.5 Å². The molecule has 0 saturated carbocycles. The molecule has 0 atom stereocenters. The molecule has 5 heteroatoms. The number of methoxy groups -OCH3 is 1. The Morgan fingerprint density at radius 3 is 2.40 bits per heavy atom. The highest BCUT2D eigenvalue weighted by atomic mass is 127. The van der Waals surface area contributed by atoms with Crippen LogP contribution in [0, 0.1) is 5.92 Å². The molecule has 4 nitrogen and oxygen atoms in total. The summed E-state index contributed by atoms with van der Waals surface area (Å²) >= 11 is 0. The Hall–Kier alpha value is -0.820. The zero-order valence-electron chi connectivity index (χ0n) is 12.6. The van der Waals surface area contributed by atoms with Crippen LogP contribution in [0.1, 0.15) is 31.4 Å². The minimum atomic E-state index is 0.